The van der Waals surface area contributed by atoms with Crippen molar-refractivity contribution in [2.45, 2.75) is 52.5 Å². The van der Waals surface area contributed by atoms with Crippen molar-refractivity contribution in [2.24, 2.45) is 5.92 Å². The number of nitrogens with zero attached hydrogens (tertiary/aromatic N) is 3. The zero-order valence-electron chi connectivity index (χ0n) is 18.0. The number of rotatable bonds is 9. The third kappa shape index (κ3) is 5.34. The first kappa shape index (κ1) is 22.6. The van der Waals surface area contributed by atoms with E-state index in [0.717, 1.165) is 11.1 Å². The van der Waals surface area contributed by atoms with E-state index in [1.165, 1.54) is 0 Å². The van der Waals surface area contributed by atoms with Crippen molar-refractivity contribution in [2.75, 3.05) is 0 Å². The Morgan fingerprint density at radius 2 is 1.81 bits per heavy atom. The number of halogens is 2. The second kappa shape index (κ2) is 9.37. The first-order valence-corrected chi connectivity index (χ1v) is 10.4. The van der Waals surface area contributed by atoms with Crippen LogP contribution in [0.5, 0.6) is 0 Å². The molecule has 0 saturated carbocycles. The van der Waals surface area contributed by atoms with Crippen LogP contribution in [0.3, 0.4) is 0 Å². The summed E-state index contributed by atoms with van der Waals surface area (Å²) in [5.41, 5.74) is 2.51. The van der Waals surface area contributed by atoms with Crippen molar-refractivity contribution >= 4 is 5.97 Å². The average Bonchev–Trinajstić information content (AvgIpc) is 3.11. The summed E-state index contributed by atoms with van der Waals surface area (Å²) < 4.78 is 30.3. The largest absolute Gasteiger partial charge is 0.478 e. The van der Waals surface area contributed by atoms with E-state index >= 15 is 0 Å². The lowest BCUT2D eigenvalue weighted by atomic mass is 9.99. The minimum atomic E-state index is -3.05. The van der Waals surface area contributed by atoms with Gasteiger partial charge in [0.05, 0.1) is 12.1 Å². The van der Waals surface area contributed by atoms with Crippen molar-refractivity contribution in [3.8, 4) is 11.1 Å². The fraction of sp³-hybridized carbons (Fsp3) is 0.375. The lowest BCUT2D eigenvalue weighted by molar-refractivity contribution is -0.0232. The molecule has 31 heavy (non-hydrogen) atoms. The van der Waals surface area contributed by atoms with Gasteiger partial charge in [0, 0.05) is 12.8 Å². The van der Waals surface area contributed by atoms with E-state index in [2.05, 4.69) is 10.1 Å². The molecule has 0 amide bonds. The zero-order chi connectivity index (χ0) is 22.6. The highest BCUT2D eigenvalue weighted by atomic mass is 19.3. The predicted molar refractivity (Wildman–Crippen MR) is 115 cm³/mol. The molecule has 0 fully saturated rings. The second-order valence-electron chi connectivity index (χ2n) is 8.11. The molecular weight excluding hydrogens is 400 g/mol. The predicted octanol–water partition coefficient (Wildman–Crippen LogP) is 5.78. The van der Waals surface area contributed by atoms with Gasteiger partial charge >= 0.3 is 11.9 Å². The van der Waals surface area contributed by atoms with E-state index in [0.29, 0.717) is 30.8 Å². The maximum absolute atomic E-state index is 14.4. The molecule has 3 rings (SSSR count). The van der Waals surface area contributed by atoms with Crippen molar-refractivity contribution in [3.05, 3.63) is 71.3 Å². The van der Waals surface area contributed by atoms with Crippen LogP contribution in [0, 0.1) is 5.92 Å². The number of carboxylic acid groups (broad SMARTS) is 1. The van der Waals surface area contributed by atoms with Crippen LogP contribution in [0.15, 0.2) is 48.5 Å². The van der Waals surface area contributed by atoms with Crippen LogP contribution in [-0.2, 0) is 18.9 Å². The summed E-state index contributed by atoms with van der Waals surface area (Å²) in [6, 6.07) is 14.2. The van der Waals surface area contributed by atoms with Gasteiger partial charge in [0.1, 0.15) is 5.82 Å². The molecule has 0 bridgehead atoms. The van der Waals surface area contributed by atoms with E-state index in [9.17, 15) is 18.7 Å². The van der Waals surface area contributed by atoms with Crippen LogP contribution in [-0.4, -0.2) is 25.8 Å². The number of hydrogen-bond donors (Lipinski definition) is 1. The van der Waals surface area contributed by atoms with Gasteiger partial charge in [0.25, 0.3) is 0 Å². The van der Waals surface area contributed by atoms with Crippen LogP contribution in [0.1, 0.15) is 61.2 Å². The van der Waals surface area contributed by atoms with Crippen molar-refractivity contribution in [1.82, 2.24) is 14.8 Å². The molecule has 7 heteroatoms. The summed E-state index contributed by atoms with van der Waals surface area (Å²) in [7, 11) is 0. The Morgan fingerprint density at radius 3 is 2.42 bits per heavy atom. The summed E-state index contributed by atoms with van der Waals surface area (Å²) >= 11 is 0. The maximum Gasteiger partial charge on any atom is 0.336 e. The summed E-state index contributed by atoms with van der Waals surface area (Å²) in [5.74, 6) is -3.65. The Bertz CT molecular complexity index is 1040. The summed E-state index contributed by atoms with van der Waals surface area (Å²) in [5, 5.41) is 13.5. The molecule has 0 atom stereocenters. The first-order chi connectivity index (χ1) is 14.7. The van der Waals surface area contributed by atoms with Gasteiger partial charge in [-0.1, -0.05) is 63.2 Å². The van der Waals surface area contributed by atoms with Gasteiger partial charge in [-0.15, -0.1) is 5.10 Å². The molecule has 1 heterocycles. The van der Waals surface area contributed by atoms with Crippen LogP contribution in [0.25, 0.3) is 11.1 Å². The molecule has 0 spiro atoms. The molecule has 0 aliphatic carbocycles. The first-order valence-electron chi connectivity index (χ1n) is 10.4. The molecular formula is C24H27F2N3O2. The fourth-order valence-electron chi connectivity index (χ4n) is 3.48. The highest BCUT2D eigenvalue weighted by Gasteiger charge is 2.36. The van der Waals surface area contributed by atoms with Gasteiger partial charge in [-0.25, -0.2) is 14.5 Å². The van der Waals surface area contributed by atoms with E-state index in [-0.39, 0.29) is 17.9 Å². The fourth-order valence-corrected chi connectivity index (χ4v) is 3.48. The molecule has 164 valence electrons. The Balaban J connectivity index is 1.89. The quantitative estimate of drug-likeness (QED) is 0.470. The van der Waals surface area contributed by atoms with Crippen molar-refractivity contribution in [3.63, 3.8) is 0 Å². The van der Waals surface area contributed by atoms with Crippen LogP contribution in [0.2, 0.25) is 0 Å². The van der Waals surface area contributed by atoms with Gasteiger partial charge in [-0.3, -0.25) is 0 Å². The Hall–Kier alpha value is -3.09. The van der Waals surface area contributed by atoms with Gasteiger partial charge in [0.2, 0.25) is 5.82 Å². The SMILES string of the molecule is CCCC(F)(F)c1nc(CC(C)C)n(Cc2ccc(-c3ccccc3C(=O)O)cc2)n1. The highest BCUT2D eigenvalue weighted by molar-refractivity contribution is 5.95. The molecule has 3 aromatic rings. The Labute approximate surface area is 180 Å². The van der Waals surface area contributed by atoms with Gasteiger partial charge in [0.15, 0.2) is 0 Å². The summed E-state index contributed by atoms with van der Waals surface area (Å²) in [4.78, 5) is 15.6. The Kier molecular flexibility index (Phi) is 6.83. The smallest absolute Gasteiger partial charge is 0.336 e. The minimum absolute atomic E-state index is 0.230. The number of aromatic nitrogens is 3. The number of aromatic carboxylic acids is 1. The van der Waals surface area contributed by atoms with Crippen LogP contribution >= 0.6 is 0 Å². The minimum Gasteiger partial charge on any atom is -0.478 e. The average molecular weight is 427 g/mol. The van der Waals surface area contributed by atoms with Crippen molar-refractivity contribution < 1.29 is 18.7 Å². The number of hydrogen-bond acceptors (Lipinski definition) is 3. The van der Waals surface area contributed by atoms with E-state index in [1.54, 1.807) is 35.9 Å². The van der Waals surface area contributed by atoms with Crippen LogP contribution in [0.4, 0.5) is 8.78 Å². The number of benzene rings is 2. The summed E-state index contributed by atoms with van der Waals surface area (Å²) in [6.07, 6.45) is 0.620. The third-order valence-corrected chi connectivity index (χ3v) is 4.99. The lowest BCUT2D eigenvalue weighted by Gasteiger charge is -2.10. The molecule has 5 nitrogen and oxygen atoms in total. The second-order valence-corrected chi connectivity index (χ2v) is 8.11. The van der Waals surface area contributed by atoms with E-state index in [4.69, 9.17) is 0 Å². The molecule has 0 aliphatic rings. The standard InChI is InChI=1S/C24H27F2N3O2/c1-4-13-24(25,26)23-27-21(14-16(2)3)29(28-23)15-17-9-11-18(12-10-17)19-7-5-6-8-20(19)22(30)31/h5-12,16H,4,13-15H2,1-3H3,(H,30,31). The topological polar surface area (TPSA) is 68.0 Å². The number of carboxylic acids is 1. The van der Waals surface area contributed by atoms with E-state index < -0.39 is 17.7 Å². The number of carbonyl (C=O) groups is 1. The monoisotopic (exact) mass is 427 g/mol. The molecule has 2 aromatic carbocycles. The molecule has 0 radical (unpaired) electrons. The number of alkyl halides is 2. The third-order valence-electron chi connectivity index (χ3n) is 4.99. The van der Waals surface area contributed by atoms with Crippen molar-refractivity contribution in [1.29, 1.82) is 0 Å². The highest BCUT2D eigenvalue weighted by Crippen LogP contribution is 2.31. The lowest BCUT2D eigenvalue weighted by Crippen LogP contribution is -2.15. The molecule has 0 aliphatic heterocycles. The van der Waals surface area contributed by atoms with Crippen LogP contribution < -0.4 is 0 Å². The molecule has 1 N–H and O–H groups in total. The molecule has 0 saturated heterocycles. The van der Waals surface area contributed by atoms with Gasteiger partial charge < -0.3 is 5.11 Å². The molecule has 0 unspecified atom stereocenters. The van der Waals surface area contributed by atoms with Gasteiger partial charge in [-0.2, -0.15) is 8.78 Å². The summed E-state index contributed by atoms with van der Waals surface area (Å²) in [6.45, 7) is 6.05. The Morgan fingerprint density at radius 1 is 1.13 bits per heavy atom. The maximum atomic E-state index is 14.4. The normalized spacial score (nSPS) is 11.8. The van der Waals surface area contributed by atoms with E-state index in [1.807, 2.05) is 38.1 Å². The molecule has 1 aromatic heterocycles. The zero-order valence-corrected chi connectivity index (χ0v) is 18.0. The van der Waals surface area contributed by atoms with Gasteiger partial charge in [-0.05, 0) is 35.1 Å².